The molecule has 174 valence electrons. The van der Waals surface area contributed by atoms with Gasteiger partial charge in [-0.25, -0.2) is 9.97 Å². The molecule has 3 aliphatic rings. The summed E-state index contributed by atoms with van der Waals surface area (Å²) in [4.78, 5) is 24.1. The molecule has 0 unspecified atom stereocenters. The van der Waals surface area contributed by atoms with E-state index >= 15 is 0 Å². The fraction of sp³-hybridized carbons (Fsp3) is 0.227. The number of piperidine rings is 2. The van der Waals surface area contributed by atoms with Crippen LogP contribution in [0.15, 0.2) is 67.0 Å². The highest BCUT2D eigenvalue weighted by atomic mass is 35.5. The second kappa shape index (κ2) is 8.24. The van der Waals surface area contributed by atoms with Crippen LogP contribution in [0.2, 0.25) is 5.02 Å². The molecule has 2 aromatic heterocycles. The molecule has 4 heterocycles. The second-order valence-corrected chi connectivity index (χ2v) is 8.41. The lowest BCUT2D eigenvalue weighted by molar-refractivity contribution is -0.138. The number of fused-ring (bicyclic) bond motifs is 2. The van der Waals surface area contributed by atoms with Crippen molar-refractivity contribution >= 4 is 23.5 Å². The summed E-state index contributed by atoms with van der Waals surface area (Å²) in [5.41, 5.74) is 1.08. The summed E-state index contributed by atoms with van der Waals surface area (Å²) in [6, 6.07) is 4.81. The van der Waals surface area contributed by atoms with E-state index in [1.807, 2.05) is 0 Å². The molecule has 1 aliphatic carbocycles. The molecule has 3 aromatic rings. The highest BCUT2D eigenvalue weighted by Crippen LogP contribution is 2.48. The normalized spacial score (nSPS) is 20.9. The van der Waals surface area contributed by atoms with E-state index in [0.717, 1.165) is 18.4 Å². The number of aromatic nitrogens is 5. The monoisotopic (exact) mass is 487 g/mol. The van der Waals surface area contributed by atoms with Crippen LogP contribution in [-0.4, -0.2) is 41.8 Å². The summed E-state index contributed by atoms with van der Waals surface area (Å²) in [5.74, 6) is -0.133. The summed E-state index contributed by atoms with van der Waals surface area (Å²) in [6.45, 7) is 4.14. The molecular weight excluding hydrogens is 471 g/mol. The first kappa shape index (κ1) is 22.1. The number of allylic oxidation sites excluding steroid dienone is 1. The Morgan fingerprint density at radius 2 is 1.85 bits per heavy atom. The first-order valence-electron chi connectivity index (χ1n) is 10.3. The molecular formula is C22H17ClF3N7O. The molecule has 6 rings (SSSR count). The van der Waals surface area contributed by atoms with Crippen molar-refractivity contribution in [2.24, 2.45) is 5.92 Å². The standard InChI is InChI=1S/C22H17ClF3N7O/c1-12-13-6-16(7-13)32(19(12)11-29-21-27-9-14(10-28-21)22(24,25)26)20(34)17-8-15(23)2-3-18(17)33-30-4-5-31-33/h2-5,8-11,13,16H,1,6-7H2,(H,27,28,29)/b19-11+. The van der Waals surface area contributed by atoms with Crippen LogP contribution in [0.4, 0.5) is 19.1 Å². The van der Waals surface area contributed by atoms with E-state index in [-0.39, 0.29) is 23.8 Å². The van der Waals surface area contributed by atoms with Crippen LogP contribution in [0, 0.1) is 5.92 Å². The molecule has 1 N–H and O–H groups in total. The lowest BCUT2D eigenvalue weighted by Gasteiger charge is -2.51. The van der Waals surface area contributed by atoms with Gasteiger partial charge in [-0.2, -0.15) is 28.2 Å². The van der Waals surface area contributed by atoms with E-state index < -0.39 is 11.7 Å². The Hall–Kier alpha value is -3.73. The number of anilines is 1. The van der Waals surface area contributed by atoms with Crippen LogP contribution >= 0.6 is 11.6 Å². The van der Waals surface area contributed by atoms with Crippen molar-refractivity contribution in [3.8, 4) is 5.69 Å². The van der Waals surface area contributed by atoms with Crippen molar-refractivity contribution in [2.45, 2.75) is 25.1 Å². The number of carbonyl (C=O) groups excluding carboxylic acids is 1. The highest BCUT2D eigenvalue weighted by molar-refractivity contribution is 6.31. The highest BCUT2D eigenvalue weighted by Gasteiger charge is 2.46. The largest absolute Gasteiger partial charge is 0.419 e. The fourth-order valence-corrected chi connectivity index (χ4v) is 4.26. The van der Waals surface area contributed by atoms with Crippen LogP contribution in [0.3, 0.4) is 0 Å². The summed E-state index contributed by atoms with van der Waals surface area (Å²) in [7, 11) is 0. The number of benzene rings is 1. The Bertz CT molecular complexity index is 1280. The summed E-state index contributed by atoms with van der Waals surface area (Å²) < 4.78 is 38.3. The minimum Gasteiger partial charge on any atom is -0.329 e. The van der Waals surface area contributed by atoms with Crippen LogP contribution < -0.4 is 5.32 Å². The minimum absolute atomic E-state index is 0.0378. The fourth-order valence-electron chi connectivity index (χ4n) is 4.09. The van der Waals surface area contributed by atoms with Gasteiger partial charge in [0.15, 0.2) is 0 Å². The number of nitrogens with zero attached hydrogens (tertiary/aromatic N) is 6. The smallest absolute Gasteiger partial charge is 0.329 e. The maximum Gasteiger partial charge on any atom is 0.419 e. The van der Waals surface area contributed by atoms with E-state index in [2.05, 4.69) is 32.1 Å². The van der Waals surface area contributed by atoms with Gasteiger partial charge in [0, 0.05) is 29.7 Å². The van der Waals surface area contributed by atoms with Gasteiger partial charge in [-0.15, -0.1) is 0 Å². The van der Waals surface area contributed by atoms with Crippen LogP contribution in [0.25, 0.3) is 5.69 Å². The number of halogens is 4. The number of rotatable bonds is 4. The van der Waals surface area contributed by atoms with Gasteiger partial charge < -0.3 is 10.2 Å². The van der Waals surface area contributed by atoms with Gasteiger partial charge in [0.05, 0.1) is 34.9 Å². The second-order valence-electron chi connectivity index (χ2n) is 7.97. The topological polar surface area (TPSA) is 88.8 Å². The molecule has 2 bridgehead atoms. The molecule has 1 saturated carbocycles. The van der Waals surface area contributed by atoms with Gasteiger partial charge in [-0.1, -0.05) is 18.2 Å². The Balaban J connectivity index is 1.48. The SMILES string of the molecule is C=C1/C(=C\Nc2ncc(C(F)(F)F)cn2)N(C(=O)c2cc(Cl)ccc2-n2nccn2)C2CC1C2. The van der Waals surface area contributed by atoms with E-state index in [1.165, 1.54) is 23.4 Å². The summed E-state index contributed by atoms with van der Waals surface area (Å²) >= 11 is 6.20. The average molecular weight is 488 g/mol. The van der Waals surface area contributed by atoms with Crippen molar-refractivity contribution in [1.29, 1.82) is 0 Å². The number of nitrogens with one attached hydrogen (secondary N) is 1. The molecule has 2 saturated heterocycles. The van der Waals surface area contributed by atoms with E-state index in [1.54, 1.807) is 23.1 Å². The van der Waals surface area contributed by atoms with Gasteiger partial charge >= 0.3 is 6.18 Å². The first-order valence-corrected chi connectivity index (χ1v) is 10.6. The molecule has 0 radical (unpaired) electrons. The number of amides is 1. The van der Waals surface area contributed by atoms with Crippen LogP contribution in [0.5, 0.6) is 0 Å². The lowest BCUT2D eigenvalue weighted by Crippen LogP contribution is -2.53. The van der Waals surface area contributed by atoms with Gasteiger partial charge in [0.25, 0.3) is 5.91 Å². The zero-order valence-corrected chi connectivity index (χ0v) is 18.3. The molecule has 1 amide bonds. The minimum atomic E-state index is -4.53. The molecule has 1 aromatic carbocycles. The Morgan fingerprint density at radius 1 is 1.18 bits per heavy atom. The van der Waals surface area contributed by atoms with Crippen molar-refractivity contribution in [1.82, 2.24) is 29.9 Å². The van der Waals surface area contributed by atoms with Crippen molar-refractivity contribution in [2.75, 3.05) is 5.32 Å². The third-order valence-electron chi connectivity index (χ3n) is 5.92. The predicted octanol–water partition coefficient (Wildman–Crippen LogP) is 4.47. The van der Waals surface area contributed by atoms with Crippen molar-refractivity contribution in [3.63, 3.8) is 0 Å². The van der Waals surface area contributed by atoms with E-state index in [9.17, 15) is 18.0 Å². The zero-order chi connectivity index (χ0) is 24.0. The molecule has 34 heavy (non-hydrogen) atoms. The molecule has 12 heteroatoms. The van der Waals surface area contributed by atoms with Gasteiger partial charge in [0.1, 0.15) is 0 Å². The van der Waals surface area contributed by atoms with Gasteiger partial charge in [-0.05, 0) is 42.5 Å². The maximum absolute atomic E-state index is 13.8. The lowest BCUT2D eigenvalue weighted by atomic mass is 9.69. The molecule has 0 atom stereocenters. The summed E-state index contributed by atoms with van der Waals surface area (Å²) in [6.07, 6.45) is 2.90. The third-order valence-corrected chi connectivity index (χ3v) is 6.15. The van der Waals surface area contributed by atoms with Crippen molar-refractivity contribution < 1.29 is 18.0 Å². The average Bonchev–Trinajstić information content (AvgIpc) is 3.31. The van der Waals surface area contributed by atoms with Gasteiger partial charge in [0.2, 0.25) is 5.95 Å². The number of hydrogen-bond acceptors (Lipinski definition) is 6. The zero-order valence-electron chi connectivity index (χ0n) is 17.5. The molecule has 8 nitrogen and oxygen atoms in total. The molecule has 2 aliphatic heterocycles. The van der Waals surface area contributed by atoms with Crippen molar-refractivity contribution in [3.05, 3.63) is 83.2 Å². The van der Waals surface area contributed by atoms with E-state index in [0.29, 0.717) is 34.4 Å². The Morgan fingerprint density at radius 3 is 2.50 bits per heavy atom. The van der Waals surface area contributed by atoms with E-state index in [4.69, 9.17) is 11.6 Å². The summed E-state index contributed by atoms with van der Waals surface area (Å²) in [5, 5.41) is 11.4. The maximum atomic E-state index is 13.8. The number of hydrogen-bond donors (Lipinski definition) is 1. The molecule has 0 spiro atoms. The van der Waals surface area contributed by atoms with Crippen LogP contribution in [-0.2, 0) is 6.18 Å². The molecule has 3 fully saturated rings. The Kier molecular flexibility index (Phi) is 5.35. The number of alkyl halides is 3. The predicted molar refractivity (Wildman–Crippen MR) is 117 cm³/mol. The van der Waals surface area contributed by atoms with Crippen LogP contribution in [0.1, 0.15) is 28.8 Å². The first-order chi connectivity index (χ1) is 16.2. The quantitative estimate of drug-likeness (QED) is 0.584. The third kappa shape index (κ3) is 3.92. The van der Waals surface area contributed by atoms with Gasteiger partial charge in [-0.3, -0.25) is 4.79 Å². The Labute approximate surface area is 196 Å². The number of carbonyl (C=O) groups is 1.